The van der Waals surface area contributed by atoms with Crippen LogP contribution in [0, 0.1) is 0 Å². The Kier molecular flexibility index (Phi) is 5.27. The van der Waals surface area contributed by atoms with E-state index in [0.29, 0.717) is 0 Å². The van der Waals surface area contributed by atoms with E-state index in [9.17, 15) is 0 Å². The summed E-state index contributed by atoms with van der Waals surface area (Å²) in [6, 6.07) is 0. The van der Waals surface area contributed by atoms with Crippen LogP contribution in [0.5, 0.6) is 0 Å². The van der Waals surface area contributed by atoms with Gasteiger partial charge in [-0.15, -0.1) is 0 Å². The molecular formula is C5H9N3. The summed E-state index contributed by atoms with van der Waals surface area (Å²) in [5, 5.41) is 0. The van der Waals surface area contributed by atoms with Crippen molar-refractivity contribution in [2.45, 2.75) is 0 Å². The van der Waals surface area contributed by atoms with Gasteiger partial charge in [0.2, 0.25) is 0 Å². The predicted molar refractivity (Wildman–Crippen MR) is 37.3 cm³/mol. The third kappa shape index (κ3) is 5.01. The third-order valence-corrected chi connectivity index (χ3v) is 0.484. The Bertz CT molecular complexity index is 98.8. The highest BCUT2D eigenvalue weighted by molar-refractivity contribution is 6.17. The van der Waals surface area contributed by atoms with Crippen molar-refractivity contribution < 1.29 is 0 Å². The maximum absolute atomic E-state index is 3.71. The molecule has 3 heteroatoms. The Labute approximate surface area is 48.9 Å². The molecule has 0 aromatic rings. The van der Waals surface area contributed by atoms with Gasteiger partial charge in [0.05, 0.1) is 0 Å². The van der Waals surface area contributed by atoms with E-state index in [-0.39, 0.29) is 0 Å². The van der Waals surface area contributed by atoms with Gasteiger partial charge in [-0.1, -0.05) is 0 Å². The van der Waals surface area contributed by atoms with Gasteiger partial charge >= 0.3 is 0 Å². The minimum absolute atomic E-state index is 1.46. The van der Waals surface area contributed by atoms with Gasteiger partial charge in [-0.05, 0) is 0 Å². The van der Waals surface area contributed by atoms with Crippen LogP contribution < -0.4 is 0 Å². The van der Waals surface area contributed by atoms with Crippen LogP contribution in [0.25, 0.3) is 0 Å². The highest BCUT2D eigenvalue weighted by Gasteiger charge is 1.56. The summed E-state index contributed by atoms with van der Waals surface area (Å²) >= 11 is 0. The molecule has 0 aliphatic carbocycles. The highest BCUT2D eigenvalue weighted by Crippen LogP contribution is 1.55. The molecule has 0 heterocycles. The van der Waals surface area contributed by atoms with Gasteiger partial charge in [0.25, 0.3) is 0 Å². The summed E-state index contributed by atoms with van der Waals surface area (Å²) in [4.78, 5) is 11.0. The Hall–Kier alpha value is -0.990. The number of hydrogen-bond donors (Lipinski definition) is 0. The summed E-state index contributed by atoms with van der Waals surface area (Å²) in [6.45, 7) is 0. The van der Waals surface area contributed by atoms with Gasteiger partial charge in [0.15, 0.2) is 0 Å². The fourth-order valence-electron chi connectivity index (χ4n) is 0.210. The minimum Gasteiger partial charge on any atom is -0.295 e. The van der Waals surface area contributed by atoms with Crippen LogP contribution in [0.1, 0.15) is 0 Å². The Morgan fingerprint density at radius 2 is 1.75 bits per heavy atom. The van der Waals surface area contributed by atoms with Crippen molar-refractivity contribution in [3.8, 4) is 0 Å². The lowest BCUT2D eigenvalue weighted by atomic mass is 10.8. The van der Waals surface area contributed by atoms with Crippen molar-refractivity contribution in [3.63, 3.8) is 0 Å². The summed E-state index contributed by atoms with van der Waals surface area (Å²) < 4.78 is 0. The molecule has 0 fully saturated rings. The molecular weight excluding hydrogens is 102 g/mol. The van der Waals surface area contributed by atoms with Crippen LogP contribution in [-0.4, -0.2) is 32.9 Å². The average Bonchev–Trinajstić information content (AvgIpc) is 1.81. The summed E-state index contributed by atoms with van der Waals surface area (Å²) in [5.41, 5.74) is 0. The SMILES string of the molecule is C\N=C/C=N\C=N/C. The quantitative estimate of drug-likeness (QED) is 0.366. The molecule has 0 amide bonds. The maximum atomic E-state index is 3.71. The van der Waals surface area contributed by atoms with E-state index in [0.717, 1.165) is 0 Å². The first kappa shape index (κ1) is 7.01. The number of nitrogens with zero attached hydrogens (tertiary/aromatic N) is 3. The standard InChI is InChI=1S/C5H9N3/c1-6-3-4-8-5-7-2/h3-5H,1-2H3/b6-3-,7-5-,8-4-. The Balaban J connectivity index is 3.35. The fraction of sp³-hybridized carbons (Fsp3) is 0.400. The van der Waals surface area contributed by atoms with Crippen LogP contribution in [-0.2, 0) is 0 Å². The third-order valence-electron chi connectivity index (χ3n) is 0.484. The lowest BCUT2D eigenvalue weighted by Gasteiger charge is -1.69. The molecule has 0 bridgehead atoms. The van der Waals surface area contributed by atoms with Gasteiger partial charge in [-0.25, -0.2) is 4.99 Å². The first-order chi connectivity index (χ1) is 3.91. The van der Waals surface area contributed by atoms with Gasteiger partial charge < -0.3 is 0 Å². The molecule has 0 radical (unpaired) electrons. The molecule has 0 saturated heterocycles. The minimum atomic E-state index is 1.46. The second-order valence-electron chi connectivity index (χ2n) is 1.08. The second-order valence-corrected chi connectivity index (χ2v) is 1.08. The van der Waals surface area contributed by atoms with Crippen LogP contribution >= 0.6 is 0 Å². The molecule has 0 aliphatic rings. The highest BCUT2D eigenvalue weighted by atomic mass is 14.8. The smallest absolute Gasteiger partial charge is 0.109 e. The monoisotopic (exact) mass is 111 g/mol. The molecule has 0 rings (SSSR count). The zero-order valence-electron chi connectivity index (χ0n) is 5.07. The Morgan fingerprint density at radius 3 is 2.25 bits per heavy atom. The maximum Gasteiger partial charge on any atom is 0.109 e. The fourth-order valence-corrected chi connectivity index (χ4v) is 0.210. The first-order valence-corrected chi connectivity index (χ1v) is 2.26. The van der Waals surface area contributed by atoms with Crippen LogP contribution in [0.3, 0.4) is 0 Å². The molecule has 3 nitrogen and oxygen atoms in total. The lowest BCUT2D eigenvalue weighted by molar-refractivity contribution is 1.45. The largest absolute Gasteiger partial charge is 0.295 e. The topological polar surface area (TPSA) is 37.1 Å². The van der Waals surface area contributed by atoms with E-state index in [1.165, 1.54) is 6.34 Å². The molecule has 8 heavy (non-hydrogen) atoms. The Morgan fingerprint density at radius 1 is 1.00 bits per heavy atom. The van der Waals surface area contributed by atoms with E-state index < -0.39 is 0 Å². The van der Waals surface area contributed by atoms with E-state index in [2.05, 4.69) is 15.0 Å². The zero-order chi connectivity index (χ0) is 6.24. The van der Waals surface area contributed by atoms with Crippen LogP contribution in [0.15, 0.2) is 15.0 Å². The van der Waals surface area contributed by atoms with Crippen molar-refractivity contribution in [1.82, 2.24) is 0 Å². The number of aliphatic imine (C=N–C) groups is 3. The molecule has 0 spiro atoms. The van der Waals surface area contributed by atoms with E-state index in [4.69, 9.17) is 0 Å². The van der Waals surface area contributed by atoms with E-state index in [1.807, 2.05) is 0 Å². The second kappa shape index (κ2) is 6.01. The van der Waals surface area contributed by atoms with Crippen molar-refractivity contribution >= 4 is 18.8 Å². The van der Waals surface area contributed by atoms with Crippen molar-refractivity contribution in [2.75, 3.05) is 14.1 Å². The van der Waals surface area contributed by atoms with Crippen molar-refractivity contribution in [1.29, 1.82) is 0 Å². The lowest BCUT2D eigenvalue weighted by Crippen LogP contribution is -1.73. The van der Waals surface area contributed by atoms with Gasteiger partial charge in [0, 0.05) is 26.5 Å². The van der Waals surface area contributed by atoms with Gasteiger partial charge in [0.1, 0.15) is 6.34 Å². The van der Waals surface area contributed by atoms with Gasteiger partial charge in [-0.2, -0.15) is 0 Å². The van der Waals surface area contributed by atoms with Gasteiger partial charge in [-0.3, -0.25) is 9.98 Å². The first-order valence-electron chi connectivity index (χ1n) is 2.26. The normalized spacial score (nSPS) is 12.8. The molecule has 0 aromatic carbocycles. The van der Waals surface area contributed by atoms with Crippen LogP contribution in [0.4, 0.5) is 0 Å². The predicted octanol–water partition coefficient (Wildman–Crippen LogP) is 0.416. The molecule has 0 unspecified atom stereocenters. The molecule has 0 aromatic heterocycles. The number of hydrogen-bond acceptors (Lipinski definition) is 2. The molecule has 44 valence electrons. The molecule has 0 saturated carbocycles. The van der Waals surface area contributed by atoms with Crippen molar-refractivity contribution in [3.05, 3.63) is 0 Å². The molecule has 0 atom stereocenters. The zero-order valence-corrected chi connectivity index (χ0v) is 5.07. The van der Waals surface area contributed by atoms with E-state index >= 15 is 0 Å². The molecule has 0 aliphatic heterocycles. The van der Waals surface area contributed by atoms with Crippen LogP contribution in [0.2, 0.25) is 0 Å². The molecule has 0 N–H and O–H groups in total. The van der Waals surface area contributed by atoms with Crippen molar-refractivity contribution in [2.24, 2.45) is 15.0 Å². The average molecular weight is 111 g/mol. The summed E-state index contributed by atoms with van der Waals surface area (Å²) in [7, 11) is 3.36. The number of rotatable bonds is 2. The summed E-state index contributed by atoms with van der Waals surface area (Å²) in [6.07, 6.45) is 4.64. The summed E-state index contributed by atoms with van der Waals surface area (Å²) in [5.74, 6) is 0. The van der Waals surface area contributed by atoms with E-state index in [1.54, 1.807) is 26.5 Å².